The molecule has 1 N–H and O–H groups in total. The van der Waals surface area contributed by atoms with Gasteiger partial charge in [-0.15, -0.1) is 6.42 Å². The van der Waals surface area contributed by atoms with E-state index in [1.54, 1.807) is 12.1 Å². The summed E-state index contributed by atoms with van der Waals surface area (Å²) in [5.74, 6) is 3.62. The summed E-state index contributed by atoms with van der Waals surface area (Å²) in [6.45, 7) is 0.425. The van der Waals surface area contributed by atoms with E-state index in [1.807, 2.05) is 36.4 Å². The Hall–Kier alpha value is -2.77. The molecule has 108 valence electrons. The van der Waals surface area contributed by atoms with Crippen LogP contribution in [0.5, 0.6) is 0 Å². The van der Waals surface area contributed by atoms with Crippen LogP contribution in [-0.4, -0.2) is 10.1 Å². The van der Waals surface area contributed by atoms with E-state index in [1.165, 1.54) is 0 Å². The molecule has 1 heterocycles. The van der Waals surface area contributed by atoms with Crippen LogP contribution in [0.3, 0.4) is 0 Å². The number of benzene rings is 2. The average molecular weight is 310 g/mol. The molecular weight excluding hydrogens is 298 g/mol. The number of nitrogens with zero attached hydrogens (tertiary/aromatic N) is 2. The molecule has 0 aliphatic heterocycles. The van der Waals surface area contributed by atoms with Gasteiger partial charge in [-0.3, -0.25) is 0 Å². The van der Waals surface area contributed by atoms with Gasteiger partial charge in [0.2, 0.25) is 11.7 Å². The first-order chi connectivity index (χ1) is 10.7. The predicted octanol–water partition coefficient (Wildman–Crippen LogP) is 3.98. The van der Waals surface area contributed by atoms with Crippen molar-refractivity contribution in [2.45, 2.75) is 6.54 Å². The van der Waals surface area contributed by atoms with E-state index in [-0.39, 0.29) is 0 Å². The second-order valence-electron chi connectivity index (χ2n) is 4.60. The summed E-state index contributed by atoms with van der Waals surface area (Å²) >= 11 is 5.86. The van der Waals surface area contributed by atoms with E-state index >= 15 is 0 Å². The SMILES string of the molecule is C#Cc1cccc(NCc2nc(-c3ccc(Cl)cc3)no2)c1. The summed E-state index contributed by atoms with van der Waals surface area (Å²) in [7, 11) is 0. The minimum atomic E-state index is 0.425. The predicted molar refractivity (Wildman–Crippen MR) is 86.4 cm³/mol. The topological polar surface area (TPSA) is 51.0 Å². The number of terminal acetylenes is 1. The monoisotopic (exact) mass is 309 g/mol. The van der Waals surface area contributed by atoms with Crippen LogP contribution in [0.15, 0.2) is 53.1 Å². The number of anilines is 1. The number of halogens is 1. The lowest BCUT2D eigenvalue weighted by Crippen LogP contribution is -1.99. The van der Waals surface area contributed by atoms with E-state index in [4.69, 9.17) is 22.5 Å². The van der Waals surface area contributed by atoms with Crippen LogP contribution in [0.25, 0.3) is 11.4 Å². The summed E-state index contributed by atoms with van der Waals surface area (Å²) in [5, 5.41) is 7.83. The minimum absolute atomic E-state index is 0.425. The maximum absolute atomic E-state index is 5.86. The molecule has 0 bridgehead atoms. The van der Waals surface area contributed by atoms with Crippen LogP contribution in [0, 0.1) is 12.3 Å². The molecule has 3 rings (SSSR count). The zero-order valence-electron chi connectivity index (χ0n) is 11.6. The molecule has 0 saturated heterocycles. The number of aromatic nitrogens is 2. The number of nitrogens with one attached hydrogen (secondary N) is 1. The van der Waals surface area contributed by atoms with Crippen molar-refractivity contribution in [2.75, 3.05) is 5.32 Å². The molecule has 4 nitrogen and oxygen atoms in total. The van der Waals surface area contributed by atoms with Gasteiger partial charge in [0, 0.05) is 21.8 Å². The molecule has 1 aromatic heterocycles. The Balaban J connectivity index is 1.69. The Morgan fingerprint density at radius 2 is 2.00 bits per heavy atom. The summed E-state index contributed by atoms with van der Waals surface area (Å²) in [6, 6.07) is 14.9. The number of hydrogen-bond acceptors (Lipinski definition) is 4. The number of hydrogen-bond donors (Lipinski definition) is 1. The van der Waals surface area contributed by atoms with Crippen molar-refractivity contribution in [3.8, 4) is 23.7 Å². The minimum Gasteiger partial charge on any atom is -0.376 e. The maximum Gasteiger partial charge on any atom is 0.246 e. The van der Waals surface area contributed by atoms with Gasteiger partial charge < -0.3 is 9.84 Å². The third-order valence-corrected chi connectivity index (χ3v) is 3.30. The van der Waals surface area contributed by atoms with Crippen LogP contribution >= 0.6 is 11.6 Å². The van der Waals surface area contributed by atoms with Crippen molar-refractivity contribution in [2.24, 2.45) is 0 Å². The van der Waals surface area contributed by atoms with Crippen LogP contribution in [0.2, 0.25) is 5.02 Å². The van der Waals surface area contributed by atoms with Gasteiger partial charge in [0.15, 0.2) is 0 Å². The van der Waals surface area contributed by atoms with Crippen LogP contribution in [-0.2, 0) is 6.54 Å². The lowest BCUT2D eigenvalue weighted by molar-refractivity contribution is 0.384. The van der Waals surface area contributed by atoms with Gasteiger partial charge in [-0.2, -0.15) is 4.98 Å². The second kappa shape index (κ2) is 6.33. The molecule has 3 aromatic rings. The highest BCUT2D eigenvalue weighted by atomic mass is 35.5. The quantitative estimate of drug-likeness (QED) is 0.741. The van der Waals surface area contributed by atoms with Crippen LogP contribution in [0.1, 0.15) is 11.5 Å². The fraction of sp³-hybridized carbons (Fsp3) is 0.0588. The highest BCUT2D eigenvalue weighted by molar-refractivity contribution is 6.30. The van der Waals surface area contributed by atoms with Crippen molar-refractivity contribution in [3.63, 3.8) is 0 Å². The van der Waals surface area contributed by atoms with Gasteiger partial charge >= 0.3 is 0 Å². The van der Waals surface area contributed by atoms with Gasteiger partial charge in [0.1, 0.15) is 0 Å². The van der Waals surface area contributed by atoms with Gasteiger partial charge in [-0.1, -0.05) is 28.7 Å². The molecule has 5 heteroatoms. The third-order valence-electron chi connectivity index (χ3n) is 3.04. The first-order valence-corrected chi connectivity index (χ1v) is 7.01. The van der Waals surface area contributed by atoms with Crippen molar-refractivity contribution < 1.29 is 4.52 Å². The largest absolute Gasteiger partial charge is 0.376 e. The molecule has 0 radical (unpaired) electrons. The molecule has 0 aliphatic carbocycles. The molecule has 2 aromatic carbocycles. The molecule has 22 heavy (non-hydrogen) atoms. The zero-order valence-corrected chi connectivity index (χ0v) is 12.3. The summed E-state index contributed by atoms with van der Waals surface area (Å²) in [4.78, 5) is 4.34. The summed E-state index contributed by atoms with van der Waals surface area (Å²) in [5.41, 5.74) is 2.58. The van der Waals surface area contributed by atoms with Crippen molar-refractivity contribution in [1.82, 2.24) is 10.1 Å². The van der Waals surface area contributed by atoms with Gasteiger partial charge in [-0.05, 0) is 42.5 Å². The maximum atomic E-state index is 5.86. The summed E-state index contributed by atoms with van der Waals surface area (Å²) < 4.78 is 5.23. The molecule has 0 atom stereocenters. The molecular formula is C17H12ClN3O. The molecule has 0 amide bonds. The van der Waals surface area contributed by atoms with Gasteiger partial charge in [-0.25, -0.2) is 0 Å². The second-order valence-corrected chi connectivity index (χ2v) is 5.03. The van der Waals surface area contributed by atoms with Gasteiger partial charge in [0.05, 0.1) is 6.54 Å². The Morgan fingerprint density at radius 3 is 2.77 bits per heavy atom. The Morgan fingerprint density at radius 1 is 1.18 bits per heavy atom. The van der Waals surface area contributed by atoms with E-state index in [0.717, 1.165) is 16.8 Å². The Kier molecular flexibility index (Phi) is 4.08. The molecule has 0 saturated carbocycles. The van der Waals surface area contributed by atoms with E-state index in [0.29, 0.717) is 23.3 Å². The Bertz CT molecular complexity index is 818. The summed E-state index contributed by atoms with van der Waals surface area (Å²) in [6.07, 6.45) is 5.38. The van der Waals surface area contributed by atoms with Crippen molar-refractivity contribution >= 4 is 17.3 Å². The third kappa shape index (κ3) is 3.27. The van der Waals surface area contributed by atoms with Gasteiger partial charge in [0.25, 0.3) is 0 Å². The van der Waals surface area contributed by atoms with Crippen LogP contribution < -0.4 is 5.32 Å². The normalized spacial score (nSPS) is 10.2. The zero-order chi connectivity index (χ0) is 15.4. The fourth-order valence-corrected chi connectivity index (χ4v) is 2.07. The molecule has 0 spiro atoms. The highest BCUT2D eigenvalue weighted by Gasteiger charge is 2.08. The first-order valence-electron chi connectivity index (χ1n) is 6.64. The smallest absolute Gasteiger partial charge is 0.246 e. The lowest BCUT2D eigenvalue weighted by atomic mass is 10.2. The lowest BCUT2D eigenvalue weighted by Gasteiger charge is -2.03. The molecule has 0 aliphatic rings. The van der Waals surface area contributed by atoms with E-state index in [2.05, 4.69) is 21.4 Å². The van der Waals surface area contributed by atoms with Crippen molar-refractivity contribution in [3.05, 3.63) is 65.0 Å². The standard InChI is InChI=1S/C17H12ClN3O/c1-2-12-4-3-5-15(10-12)19-11-16-20-17(21-22-16)13-6-8-14(18)9-7-13/h1,3-10,19H,11H2. The highest BCUT2D eigenvalue weighted by Crippen LogP contribution is 2.19. The average Bonchev–Trinajstić information content (AvgIpc) is 3.03. The fourth-order valence-electron chi connectivity index (χ4n) is 1.94. The van der Waals surface area contributed by atoms with Crippen LogP contribution in [0.4, 0.5) is 5.69 Å². The molecule has 0 fully saturated rings. The molecule has 0 unspecified atom stereocenters. The number of rotatable bonds is 4. The van der Waals surface area contributed by atoms with Crippen molar-refractivity contribution in [1.29, 1.82) is 0 Å². The Labute approximate surface area is 133 Å². The first kappa shape index (κ1) is 14.2. The van der Waals surface area contributed by atoms with E-state index in [9.17, 15) is 0 Å². The van der Waals surface area contributed by atoms with E-state index < -0.39 is 0 Å².